The molecule has 2 saturated carbocycles. The number of carbonyl (C=O) groups is 3. The van der Waals surface area contributed by atoms with Crippen LogP contribution >= 0.6 is 0 Å². The average Bonchev–Trinajstić information content (AvgIpc) is 3.42. The molecule has 4 aliphatic carbocycles. The van der Waals surface area contributed by atoms with Gasteiger partial charge in [-0.15, -0.1) is 0 Å². The molecule has 7 heteroatoms. The third-order valence-corrected chi connectivity index (χ3v) is 9.40. The summed E-state index contributed by atoms with van der Waals surface area (Å²) >= 11 is 0. The molecule has 0 spiro atoms. The van der Waals surface area contributed by atoms with Gasteiger partial charge in [0.2, 0.25) is 6.79 Å². The van der Waals surface area contributed by atoms with Crippen LogP contribution in [0.1, 0.15) is 40.0 Å². The molecule has 0 bridgehead atoms. The summed E-state index contributed by atoms with van der Waals surface area (Å²) in [5.41, 5.74) is 0.812. The molecule has 0 aromatic heterocycles. The Kier molecular flexibility index (Phi) is 5.18. The van der Waals surface area contributed by atoms with Crippen LogP contribution in [0.15, 0.2) is 54.2 Å². The molecule has 188 valence electrons. The van der Waals surface area contributed by atoms with E-state index in [0.717, 1.165) is 18.4 Å². The maximum Gasteiger partial charge on any atom is 0.411 e. The number of allylic oxidation sites excluding steroid dienone is 6. The number of rotatable bonds is 3. The summed E-state index contributed by atoms with van der Waals surface area (Å²) in [7, 11) is 0. The van der Waals surface area contributed by atoms with Crippen LogP contribution in [0.4, 0.5) is 10.5 Å². The highest BCUT2D eigenvalue weighted by molar-refractivity contribution is 6.01. The summed E-state index contributed by atoms with van der Waals surface area (Å²) in [6.45, 7) is 6.17. The lowest BCUT2D eigenvalue weighted by Gasteiger charge is -2.57. The zero-order valence-corrected chi connectivity index (χ0v) is 20.8. The molecule has 0 saturated heterocycles. The highest BCUT2D eigenvalue weighted by atomic mass is 16.7. The zero-order valence-electron chi connectivity index (χ0n) is 20.8. The van der Waals surface area contributed by atoms with E-state index in [1.165, 1.54) is 0 Å². The lowest BCUT2D eigenvalue weighted by molar-refractivity contribution is -0.131. The lowest BCUT2D eigenvalue weighted by Crippen LogP contribution is -2.56. The SMILES string of the molecule is CC(=O)[C@H]1CC[C@H]2[C@@H]3C=CC4=CC(=O)C=C[C@@]4(C)[C@@H]3[C@@H](OC(=O)Nc3ccc4c(c3)OCO4)C[C@]12C. The van der Waals surface area contributed by atoms with E-state index in [2.05, 4.69) is 31.3 Å². The Labute approximate surface area is 210 Å². The summed E-state index contributed by atoms with van der Waals surface area (Å²) in [5.74, 6) is 1.76. The van der Waals surface area contributed by atoms with Crippen molar-refractivity contribution in [3.63, 3.8) is 0 Å². The van der Waals surface area contributed by atoms with E-state index in [9.17, 15) is 14.4 Å². The molecule has 1 N–H and O–H groups in total. The molecule has 6 rings (SSSR count). The van der Waals surface area contributed by atoms with Gasteiger partial charge in [-0.05, 0) is 73.3 Å². The van der Waals surface area contributed by atoms with Crippen LogP contribution in [0.25, 0.3) is 0 Å². The lowest BCUT2D eigenvalue weighted by atomic mass is 9.48. The molecule has 7 atom stereocenters. The van der Waals surface area contributed by atoms with Crippen molar-refractivity contribution >= 4 is 23.3 Å². The van der Waals surface area contributed by atoms with Crippen molar-refractivity contribution in [3.05, 3.63) is 54.2 Å². The van der Waals surface area contributed by atoms with Gasteiger partial charge in [-0.3, -0.25) is 14.9 Å². The second-order valence-corrected chi connectivity index (χ2v) is 11.3. The molecule has 1 aromatic rings. The van der Waals surface area contributed by atoms with Gasteiger partial charge in [0.1, 0.15) is 11.9 Å². The van der Waals surface area contributed by atoms with Gasteiger partial charge in [-0.2, -0.15) is 0 Å². The van der Waals surface area contributed by atoms with Crippen molar-refractivity contribution in [1.29, 1.82) is 0 Å². The van der Waals surface area contributed by atoms with E-state index in [-0.39, 0.29) is 41.5 Å². The van der Waals surface area contributed by atoms with E-state index in [1.54, 1.807) is 37.3 Å². The molecular formula is C29H31NO6. The summed E-state index contributed by atoms with van der Waals surface area (Å²) in [4.78, 5) is 38.0. The molecule has 0 unspecified atom stereocenters. The quantitative estimate of drug-likeness (QED) is 0.625. The van der Waals surface area contributed by atoms with Crippen molar-refractivity contribution in [2.24, 2.45) is 34.5 Å². The Morgan fingerprint density at radius 2 is 1.92 bits per heavy atom. The number of hydrogen-bond donors (Lipinski definition) is 1. The Hall–Kier alpha value is -3.35. The molecule has 1 aliphatic heterocycles. The molecule has 1 heterocycles. The fraction of sp³-hybridized carbons (Fsp3) is 0.483. The maximum atomic E-state index is 13.2. The van der Waals surface area contributed by atoms with Crippen molar-refractivity contribution in [2.45, 2.75) is 46.1 Å². The maximum absolute atomic E-state index is 13.2. The standard InChI is InChI=1S/C29H31NO6/c1-16(31)21-7-8-22-20-6-4-17-12-19(32)10-11-28(17,2)26(20)25(14-29(21,22)3)36-27(33)30-18-5-9-23-24(13-18)35-15-34-23/h4-6,9-13,20-22,25-26H,7-8,14-15H2,1-3H3,(H,30,33)/t20-,21+,22-,25-,26-,28+,29+/m0/s1. The Bertz CT molecular complexity index is 1250. The normalized spacial score (nSPS) is 37.5. The van der Waals surface area contributed by atoms with Crippen LogP contribution in [0.5, 0.6) is 11.5 Å². The second-order valence-electron chi connectivity index (χ2n) is 11.3. The second kappa shape index (κ2) is 8.08. The molecule has 2 fully saturated rings. The number of benzene rings is 1. The summed E-state index contributed by atoms with van der Waals surface area (Å²) < 4.78 is 17.0. The number of fused-ring (bicyclic) bond motifs is 6. The van der Waals surface area contributed by atoms with E-state index in [1.807, 2.05) is 6.08 Å². The number of ether oxygens (including phenoxy) is 3. The van der Waals surface area contributed by atoms with Crippen LogP contribution in [0.2, 0.25) is 0 Å². The largest absolute Gasteiger partial charge is 0.454 e. The van der Waals surface area contributed by atoms with Gasteiger partial charge < -0.3 is 14.2 Å². The fourth-order valence-electron chi connectivity index (χ4n) is 7.78. The number of anilines is 1. The van der Waals surface area contributed by atoms with Gasteiger partial charge in [0, 0.05) is 29.0 Å². The van der Waals surface area contributed by atoms with Crippen molar-refractivity contribution in [3.8, 4) is 11.5 Å². The van der Waals surface area contributed by atoms with Gasteiger partial charge in [-0.1, -0.05) is 32.1 Å². The van der Waals surface area contributed by atoms with Crippen LogP contribution in [0, 0.1) is 34.5 Å². The molecule has 36 heavy (non-hydrogen) atoms. The smallest absolute Gasteiger partial charge is 0.411 e. The first kappa shape index (κ1) is 23.1. The third kappa shape index (κ3) is 3.43. The number of nitrogens with one attached hydrogen (secondary N) is 1. The molecular weight excluding hydrogens is 458 g/mol. The Morgan fingerprint density at radius 1 is 1.11 bits per heavy atom. The monoisotopic (exact) mass is 489 g/mol. The van der Waals surface area contributed by atoms with E-state index in [4.69, 9.17) is 14.2 Å². The van der Waals surface area contributed by atoms with E-state index in [0.29, 0.717) is 29.5 Å². The molecule has 0 radical (unpaired) electrons. The van der Waals surface area contributed by atoms with Crippen LogP contribution in [0.3, 0.4) is 0 Å². The predicted octanol–water partition coefficient (Wildman–Crippen LogP) is 5.23. The van der Waals surface area contributed by atoms with Crippen LogP contribution in [-0.2, 0) is 14.3 Å². The molecule has 1 aromatic carbocycles. The predicted molar refractivity (Wildman–Crippen MR) is 133 cm³/mol. The first-order chi connectivity index (χ1) is 17.2. The van der Waals surface area contributed by atoms with Gasteiger partial charge in [0.25, 0.3) is 0 Å². The average molecular weight is 490 g/mol. The zero-order chi connectivity index (χ0) is 25.2. The van der Waals surface area contributed by atoms with Gasteiger partial charge >= 0.3 is 6.09 Å². The molecule has 5 aliphatic rings. The van der Waals surface area contributed by atoms with Gasteiger partial charge in [0.05, 0.1) is 0 Å². The number of amides is 1. The van der Waals surface area contributed by atoms with E-state index >= 15 is 0 Å². The first-order valence-electron chi connectivity index (χ1n) is 12.7. The first-order valence-corrected chi connectivity index (χ1v) is 12.7. The van der Waals surface area contributed by atoms with Crippen molar-refractivity contribution < 1.29 is 28.6 Å². The van der Waals surface area contributed by atoms with E-state index < -0.39 is 17.6 Å². The molecule has 7 nitrogen and oxygen atoms in total. The van der Waals surface area contributed by atoms with Crippen LogP contribution in [-0.4, -0.2) is 30.6 Å². The number of carbonyl (C=O) groups excluding carboxylic acids is 3. The molecule has 1 amide bonds. The third-order valence-electron chi connectivity index (χ3n) is 9.40. The Morgan fingerprint density at radius 3 is 2.72 bits per heavy atom. The number of ketones is 2. The summed E-state index contributed by atoms with van der Waals surface area (Å²) in [6, 6.07) is 5.22. The highest BCUT2D eigenvalue weighted by Crippen LogP contribution is 2.65. The van der Waals surface area contributed by atoms with Gasteiger partial charge in [-0.25, -0.2) is 4.79 Å². The number of Topliss-reactive ketones (excluding diaryl/α,β-unsaturated/α-hetero) is 1. The van der Waals surface area contributed by atoms with Crippen LogP contribution < -0.4 is 14.8 Å². The van der Waals surface area contributed by atoms with Crippen molar-refractivity contribution in [2.75, 3.05) is 12.1 Å². The highest BCUT2D eigenvalue weighted by Gasteiger charge is 2.62. The minimum absolute atomic E-state index is 0.0262. The van der Waals surface area contributed by atoms with Gasteiger partial charge in [0.15, 0.2) is 17.3 Å². The number of hydrogen-bond acceptors (Lipinski definition) is 6. The summed E-state index contributed by atoms with van der Waals surface area (Å²) in [5, 5.41) is 2.84. The summed E-state index contributed by atoms with van der Waals surface area (Å²) in [6.07, 6.45) is 11.0. The Balaban J connectivity index is 1.33. The minimum Gasteiger partial charge on any atom is -0.454 e. The minimum atomic E-state index is -0.545. The topological polar surface area (TPSA) is 90.9 Å². The fourth-order valence-corrected chi connectivity index (χ4v) is 7.78. The van der Waals surface area contributed by atoms with Crippen molar-refractivity contribution in [1.82, 2.24) is 0 Å².